The molecule has 5 rings (SSSR count). The topological polar surface area (TPSA) is 103 Å². The largest absolute Gasteiger partial charge is 0.453 e. The summed E-state index contributed by atoms with van der Waals surface area (Å²) in [7, 11) is 0. The van der Waals surface area contributed by atoms with Crippen LogP contribution in [0.15, 0.2) is 63.8 Å². The zero-order chi connectivity index (χ0) is 30.5. The molecule has 0 saturated carbocycles. The molecular weight excluding hydrogens is 555 g/mol. The molecule has 1 aliphatic rings. The van der Waals surface area contributed by atoms with Crippen LogP contribution in [0.3, 0.4) is 0 Å². The molecular formula is C31H24F3NO7. The highest BCUT2D eigenvalue weighted by Gasteiger charge is 2.41. The van der Waals surface area contributed by atoms with E-state index in [-0.39, 0.29) is 46.0 Å². The molecule has 0 fully saturated rings. The Balaban J connectivity index is 1.47. The summed E-state index contributed by atoms with van der Waals surface area (Å²) in [5.41, 5.74) is -0.168. The lowest BCUT2D eigenvalue weighted by atomic mass is 10.1. The van der Waals surface area contributed by atoms with Crippen molar-refractivity contribution in [3.05, 3.63) is 98.4 Å². The Morgan fingerprint density at radius 1 is 0.929 bits per heavy atom. The van der Waals surface area contributed by atoms with Gasteiger partial charge in [-0.2, -0.15) is 13.2 Å². The zero-order valence-electron chi connectivity index (χ0n) is 22.9. The first-order chi connectivity index (χ1) is 19.7. The number of nitrogens with zero attached hydrogens (tertiary/aromatic N) is 1. The standard InChI is InChI=1S/C31H24F3NO7/c1-15(2)14-35-28(37)20-9-7-18(12-22(20)29(35)38)30(39)40-19-8-10-21-24(13-19)42-27(31(32,33)34)26(25(21)36)41-23-11-16(3)5-6-17(23)4/h5-13,15H,14H2,1-4H3. The number of hydrogen-bond donors (Lipinski definition) is 0. The number of rotatable bonds is 6. The van der Waals surface area contributed by atoms with Gasteiger partial charge in [-0.1, -0.05) is 26.0 Å². The lowest BCUT2D eigenvalue weighted by molar-refractivity contribution is -0.154. The summed E-state index contributed by atoms with van der Waals surface area (Å²) in [6.07, 6.45) is -5.08. The van der Waals surface area contributed by atoms with E-state index in [0.29, 0.717) is 11.1 Å². The minimum Gasteiger partial charge on any atom is -0.449 e. The van der Waals surface area contributed by atoms with Crippen molar-refractivity contribution in [1.82, 2.24) is 4.90 Å². The van der Waals surface area contributed by atoms with Gasteiger partial charge >= 0.3 is 12.1 Å². The number of carbonyl (C=O) groups excluding carboxylic acids is 3. The highest BCUT2D eigenvalue weighted by molar-refractivity contribution is 6.22. The van der Waals surface area contributed by atoms with Crippen molar-refractivity contribution < 1.29 is 41.4 Å². The van der Waals surface area contributed by atoms with Gasteiger partial charge in [0.05, 0.1) is 22.1 Å². The van der Waals surface area contributed by atoms with Crippen molar-refractivity contribution in [2.45, 2.75) is 33.9 Å². The first-order valence-electron chi connectivity index (χ1n) is 12.9. The number of halogens is 3. The van der Waals surface area contributed by atoms with E-state index in [9.17, 15) is 32.3 Å². The summed E-state index contributed by atoms with van der Waals surface area (Å²) in [6.45, 7) is 7.28. The summed E-state index contributed by atoms with van der Waals surface area (Å²) in [6, 6.07) is 12.2. The Kier molecular flexibility index (Phi) is 7.13. The number of amides is 2. The maximum absolute atomic E-state index is 14.0. The van der Waals surface area contributed by atoms with Crippen LogP contribution in [0.2, 0.25) is 0 Å². The fourth-order valence-electron chi connectivity index (χ4n) is 4.54. The lowest BCUT2D eigenvalue weighted by Crippen LogP contribution is -2.33. The molecule has 0 atom stereocenters. The van der Waals surface area contributed by atoms with E-state index < -0.39 is 46.5 Å². The molecule has 3 aromatic carbocycles. The molecule has 2 heterocycles. The van der Waals surface area contributed by atoms with Gasteiger partial charge in [0, 0.05) is 12.6 Å². The van der Waals surface area contributed by atoms with Gasteiger partial charge in [0.15, 0.2) is 0 Å². The molecule has 0 N–H and O–H groups in total. The third-order valence-corrected chi connectivity index (χ3v) is 6.60. The maximum atomic E-state index is 14.0. The van der Waals surface area contributed by atoms with Crippen LogP contribution in [0.5, 0.6) is 17.2 Å². The lowest BCUT2D eigenvalue weighted by Gasteiger charge is -2.15. The maximum Gasteiger partial charge on any atom is 0.453 e. The number of aryl methyl sites for hydroxylation is 2. The van der Waals surface area contributed by atoms with Crippen molar-refractivity contribution in [1.29, 1.82) is 0 Å². The Morgan fingerprint density at radius 2 is 1.64 bits per heavy atom. The number of imide groups is 1. The fourth-order valence-corrected chi connectivity index (χ4v) is 4.54. The molecule has 216 valence electrons. The molecule has 0 spiro atoms. The Bertz CT molecular complexity index is 1840. The highest BCUT2D eigenvalue weighted by atomic mass is 19.4. The summed E-state index contributed by atoms with van der Waals surface area (Å²) in [5, 5.41) is -0.227. The van der Waals surface area contributed by atoms with Gasteiger partial charge in [0.1, 0.15) is 17.1 Å². The number of carbonyl (C=O) groups is 3. The number of ether oxygens (including phenoxy) is 2. The normalized spacial score (nSPS) is 13.2. The molecule has 2 amide bonds. The molecule has 0 aliphatic carbocycles. The van der Waals surface area contributed by atoms with Crippen molar-refractivity contribution in [2.24, 2.45) is 5.92 Å². The summed E-state index contributed by atoms with van der Waals surface area (Å²) in [4.78, 5) is 52.5. The SMILES string of the molecule is Cc1ccc(C)c(Oc2c(C(F)(F)F)oc3cc(OC(=O)c4ccc5c(c4)C(=O)N(CC(C)C)C5=O)ccc3c2=O)c1. The van der Waals surface area contributed by atoms with Crippen molar-refractivity contribution in [2.75, 3.05) is 6.54 Å². The van der Waals surface area contributed by atoms with Crippen LogP contribution in [-0.2, 0) is 6.18 Å². The summed E-state index contributed by atoms with van der Waals surface area (Å²) < 4.78 is 57.8. The Hall–Kier alpha value is -4.93. The molecule has 0 radical (unpaired) electrons. The third kappa shape index (κ3) is 5.25. The molecule has 42 heavy (non-hydrogen) atoms. The quantitative estimate of drug-likeness (QED) is 0.142. The van der Waals surface area contributed by atoms with Crippen LogP contribution in [-0.4, -0.2) is 29.2 Å². The summed E-state index contributed by atoms with van der Waals surface area (Å²) >= 11 is 0. The van der Waals surface area contributed by atoms with E-state index in [4.69, 9.17) is 13.9 Å². The summed E-state index contributed by atoms with van der Waals surface area (Å²) in [5.74, 6) is -4.70. The van der Waals surface area contributed by atoms with E-state index in [1.165, 1.54) is 30.3 Å². The van der Waals surface area contributed by atoms with E-state index in [0.717, 1.165) is 17.0 Å². The predicted octanol–water partition coefficient (Wildman–Crippen LogP) is 6.69. The number of benzene rings is 3. The van der Waals surface area contributed by atoms with E-state index in [2.05, 4.69) is 0 Å². The van der Waals surface area contributed by atoms with Gasteiger partial charge in [0.2, 0.25) is 11.2 Å². The zero-order valence-corrected chi connectivity index (χ0v) is 22.9. The second-order valence-corrected chi connectivity index (χ2v) is 10.4. The number of esters is 1. The molecule has 0 unspecified atom stereocenters. The van der Waals surface area contributed by atoms with Gasteiger partial charge in [0.25, 0.3) is 17.6 Å². The van der Waals surface area contributed by atoms with Crippen LogP contribution < -0.4 is 14.9 Å². The van der Waals surface area contributed by atoms with Crippen LogP contribution in [0.25, 0.3) is 11.0 Å². The van der Waals surface area contributed by atoms with Crippen LogP contribution in [0.4, 0.5) is 13.2 Å². The predicted molar refractivity (Wildman–Crippen MR) is 145 cm³/mol. The molecule has 4 aromatic rings. The molecule has 8 nitrogen and oxygen atoms in total. The second kappa shape index (κ2) is 10.5. The van der Waals surface area contributed by atoms with Crippen LogP contribution in [0.1, 0.15) is 61.8 Å². The first-order valence-corrected chi connectivity index (χ1v) is 12.9. The molecule has 0 bridgehead atoms. The van der Waals surface area contributed by atoms with E-state index in [1.807, 2.05) is 13.8 Å². The van der Waals surface area contributed by atoms with E-state index >= 15 is 0 Å². The van der Waals surface area contributed by atoms with E-state index in [1.54, 1.807) is 26.0 Å². The fraction of sp³-hybridized carbons (Fsp3) is 0.226. The Labute approximate surface area is 237 Å². The molecule has 1 aromatic heterocycles. The number of hydrogen-bond acceptors (Lipinski definition) is 7. The smallest absolute Gasteiger partial charge is 0.449 e. The van der Waals surface area contributed by atoms with Crippen molar-refractivity contribution in [3.8, 4) is 17.2 Å². The number of fused-ring (bicyclic) bond motifs is 2. The van der Waals surface area contributed by atoms with Crippen molar-refractivity contribution in [3.63, 3.8) is 0 Å². The average Bonchev–Trinajstić information content (AvgIpc) is 3.15. The van der Waals surface area contributed by atoms with Gasteiger partial charge in [-0.05, 0) is 67.3 Å². The third-order valence-electron chi connectivity index (χ3n) is 6.60. The van der Waals surface area contributed by atoms with Gasteiger partial charge < -0.3 is 13.9 Å². The van der Waals surface area contributed by atoms with Crippen LogP contribution in [0, 0.1) is 19.8 Å². The van der Waals surface area contributed by atoms with Gasteiger partial charge in [-0.15, -0.1) is 0 Å². The van der Waals surface area contributed by atoms with Crippen molar-refractivity contribution >= 4 is 28.8 Å². The Morgan fingerprint density at radius 3 is 2.33 bits per heavy atom. The minimum absolute atomic E-state index is 0.0387. The first kappa shape index (κ1) is 28.6. The number of alkyl halides is 3. The van der Waals surface area contributed by atoms with Crippen LogP contribution >= 0.6 is 0 Å². The van der Waals surface area contributed by atoms with Gasteiger partial charge in [-0.25, -0.2) is 4.79 Å². The van der Waals surface area contributed by atoms with Gasteiger partial charge in [-0.3, -0.25) is 19.3 Å². The molecule has 11 heteroatoms. The average molecular weight is 580 g/mol. The monoisotopic (exact) mass is 579 g/mol. The highest BCUT2D eigenvalue weighted by Crippen LogP contribution is 2.39. The molecule has 0 saturated heterocycles. The second-order valence-electron chi connectivity index (χ2n) is 10.4. The molecule has 1 aliphatic heterocycles. The minimum atomic E-state index is -5.08.